The Labute approximate surface area is 144 Å². The highest BCUT2D eigenvalue weighted by atomic mass is 16.5. The third-order valence-electron chi connectivity index (χ3n) is 3.75. The summed E-state index contributed by atoms with van der Waals surface area (Å²) in [6.45, 7) is 3.86. The molecule has 0 fully saturated rings. The fourth-order valence-corrected chi connectivity index (χ4v) is 2.43. The first kappa shape index (κ1) is 16.6. The molecule has 0 aliphatic rings. The number of hydrogen-bond acceptors (Lipinski definition) is 6. The molecule has 2 heterocycles. The van der Waals surface area contributed by atoms with Crippen molar-refractivity contribution in [1.29, 1.82) is 0 Å². The van der Waals surface area contributed by atoms with Crippen LogP contribution in [0.3, 0.4) is 0 Å². The first-order valence-corrected chi connectivity index (χ1v) is 7.73. The van der Waals surface area contributed by atoms with Gasteiger partial charge in [-0.15, -0.1) is 10.2 Å². The maximum absolute atomic E-state index is 11.7. The predicted octanol–water partition coefficient (Wildman–Crippen LogP) is 3.79. The lowest BCUT2D eigenvalue weighted by Gasteiger charge is -2.01. The van der Waals surface area contributed by atoms with E-state index in [1.165, 1.54) is 7.11 Å². The van der Waals surface area contributed by atoms with Crippen molar-refractivity contribution in [2.45, 2.75) is 20.3 Å². The first-order chi connectivity index (χ1) is 12.0. The van der Waals surface area contributed by atoms with Gasteiger partial charge in [0.1, 0.15) is 17.1 Å². The van der Waals surface area contributed by atoms with Gasteiger partial charge in [0.25, 0.3) is 0 Å². The number of rotatable bonds is 4. The summed E-state index contributed by atoms with van der Waals surface area (Å²) in [5.74, 6) is 0.0600. The molecule has 0 aliphatic heterocycles. The average Bonchev–Trinajstić information content (AvgIpc) is 2.91. The number of aromatic nitrogens is 2. The van der Waals surface area contributed by atoms with Gasteiger partial charge >= 0.3 is 5.97 Å². The highest BCUT2D eigenvalue weighted by molar-refractivity contribution is 5.74. The molecule has 0 saturated heterocycles. The van der Waals surface area contributed by atoms with E-state index in [4.69, 9.17) is 4.74 Å². The molecule has 7 heteroatoms. The minimum Gasteiger partial charge on any atom is -0.506 e. The van der Waals surface area contributed by atoms with Crippen molar-refractivity contribution < 1.29 is 14.6 Å². The van der Waals surface area contributed by atoms with Crippen molar-refractivity contribution in [3.8, 4) is 5.75 Å². The fourth-order valence-electron chi connectivity index (χ4n) is 2.43. The molecular weight excluding hydrogens is 320 g/mol. The summed E-state index contributed by atoms with van der Waals surface area (Å²) < 4.78 is 6.48. The number of nitrogens with zero attached hydrogens (tertiary/aromatic N) is 4. The van der Waals surface area contributed by atoms with Crippen molar-refractivity contribution in [3.63, 3.8) is 0 Å². The van der Waals surface area contributed by atoms with Gasteiger partial charge in [-0.25, -0.2) is 4.98 Å². The van der Waals surface area contributed by atoms with E-state index in [-0.39, 0.29) is 12.2 Å². The van der Waals surface area contributed by atoms with Crippen molar-refractivity contribution in [3.05, 3.63) is 53.3 Å². The van der Waals surface area contributed by atoms with Crippen LogP contribution in [0.2, 0.25) is 0 Å². The van der Waals surface area contributed by atoms with Crippen molar-refractivity contribution >= 4 is 23.1 Å². The topological polar surface area (TPSA) is 88.5 Å². The molecule has 1 N–H and O–H groups in total. The first-order valence-electron chi connectivity index (χ1n) is 7.73. The zero-order valence-electron chi connectivity index (χ0n) is 14.2. The molecule has 0 aliphatic carbocycles. The summed E-state index contributed by atoms with van der Waals surface area (Å²) in [7, 11) is 1.33. The normalized spacial score (nSPS) is 11.3. The third-order valence-corrected chi connectivity index (χ3v) is 3.75. The Bertz CT molecular complexity index is 976. The lowest BCUT2D eigenvalue weighted by atomic mass is 10.2. The number of carbonyl (C=O) groups is 1. The average molecular weight is 338 g/mol. The summed E-state index contributed by atoms with van der Waals surface area (Å²) >= 11 is 0. The van der Waals surface area contributed by atoms with Gasteiger partial charge < -0.3 is 9.84 Å². The zero-order chi connectivity index (χ0) is 18.0. The number of phenols is 1. The van der Waals surface area contributed by atoms with Gasteiger partial charge in [0.15, 0.2) is 5.82 Å². The second-order valence-electron chi connectivity index (χ2n) is 5.76. The zero-order valence-corrected chi connectivity index (χ0v) is 14.2. The summed E-state index contributed by atoms with van der Waals surface area (Å²) in [5, 5.41) is 18.3. The number of esters is 1. The summed E-state index contributed by atoms with van der Waals surface area (Å²) in [6.07, 6.45) is 1.81. The summed E-state index contributed by atoms with van der Waals surface area (Å²) in [6, 6.07) is 8.89. The van der Waals surface area contributed by atoms with E-state index in [1.54, 1.807) is 22.6 Å². The van der Waals surface area contributed by atoms with Gasteiger partial charge in [0, 0.05) is 6.20 Å². The molecule has 1 aromatic carbocycles. The molecule has 0 saturated carbocycles. The van der Waals surface area contributed by atoms with Crippen LogP contribution in [-0.4, -0.2) is 27.6 Å². The van der Waals surface area contributed by atoms with Crippen LogP contribution >= 0.6 is 0 Å². The number of ether oxygens (including phenoxy) is 1. The van der Waals surface area contributed by atoms with Crippen molar-refractivity contribution in [2.24, 2.45) is 10.2 Å². The monoisotopic (exact) mass is 338 g/mol. The number of pyridine rings is 1. The number of benzene rings is 1. The Hall–Kier alpha value is -3.22. The molecule has 0 radical (unpaired) electrons. The van der Waals surface area contributed by atoms with E-state index in [0.717, 1.165) is 11.1 Å². The third kappa shape index (κ3) is 3.50. The van der Waals surface area contributed by atoms with Crippen LogP contribution in [0.15, 0.2) is 46.8 Å². The van der Waals surface area contributed by atoms with Crippen molar-refractivity contribution in [1.82, 2.24) is 9.38 Å². The molecule has 128 valence electrons. The number of methoxy groups -OCH3 is 1. The molecule has 2 aromatic heterocycles. The number of azo groups is 1. The number of hydrogen-bond donors (Lipinski definition) is 1. The number of fused-ring (bicyclic) bond motifs is 1. The van der Waals surface area contributed by atoms with E-state index in [2.05, 4.69) is 15.2 Å². The van der Waals surface area contributed by atoms with Gasteiger partial charge in [-0.2, -0.15) is 0 Å². The molecule has 0 atom stereocenters. The standard InChI is InChI=1S/C18H18N4O3/c1-11-4-5-15(23)13(8-11)20-21-18-14(10-17(24)25-3)19-16-9-12(2)6-7-22(16)18/h4-9,23H,10H2,1-3H3. The maximum Gasteiger partial charge on any atom is 0.311 e. The van der Waals surface area contributed by atoms with E-state index in [0.29, 0.717) is 22.8 Å². The van der Waals surface area contributed by atoms with Gasteiger partial charge in [0.05, 0.1) is 19.2 Å². The number of aryl methyl sites for hydroxylation is 2. The number of imidazole rings is 1. The Morgan fingerprint density at radius 3 is 2.72 bits per heavy atom. The Morgan fingerprint density at radius 1 is 1.20 bits per heavy atom. The maximum atomic E-state index is 11.7. The Balaban J connectivity index is 2.09. The SMILES string of the molecule is COC(=O)Cc1nc2cc(C)ccn2c1N=Nc1cc(C)ccc1O. The minimum atomic E-state index is -0.407. The molecule has 0 amide bonds. The van der Waals surface area contributed by atoms with Gasteiger partial charge in [-0.05, 0) is 49.2 Å². The highest BCUT2D eigenvalue weighted by Crippen LogP contribution is 2.30. The summed E-state index contributed by atoms with van der Waals surface area (Å²) in [4.78, 5) is 16.1. The second-order valence-corrected chi connectivity index (χ2v) is 5.76. The molecular formula is C18H18N4O3. The second kappa shape index (κ2) is 6.72. The quantitative estimate of drug-likeness (QED) is 0.579. The summed E-state index contributed by atoms with van der Waals surface area (Å²) in [5.41, 5.74) is 3.48. The van der Waals surface area contributed by atoms with Crippen LogP contribution in [0.25, 0.3) is 5.65 Å². The van der Waals surface area contributed by atoms with E-state index in [9.17, 15) is 9.90 Å². The number of aromatic hydroxyl groups is 1. The minimum absolute atomic E-state index is 0.00855. The van der Waals surface area contributed by atoms with Crippen LogP contribution in [0, 0.1) is 13.8 Å². The lowest BCUT2D eigenvalue weighted by molar-refractivity contribution is -0.139. The van der Waals surface area contributed by atoms with E-state index < -0.39 is 5.97 Å². The van der Waals surface area contributed by atoms with Gasteiger partial charge in [0.2, 0.25) is 0 Å². The highest BCUT2D eigenvalue weighted by Gasteiger charge is 2.16. The van der Waals surface area contributed by atoms with Crippen LogP contribution in [-0.2, 0) is 16.0 Å². The van der Waals surface area contributed by atoms with Crippen LogP contribution < -0.4 is 0 Å². The molecule has 3 aromatic rings. The smallest absolute Gasteiger partial charge is 0.311 e. The molecule has 25 heavy (non-hydrogen) atoms. The Morgan fingerprint density at radius 2 is 1.96 bits per heavy atom. The van der Waals surface area contributed by atoms with Crippen LogP contribution in [0.1, 0.15) is 16.8 Å². The number of phenolic OH excluding ortho intramolecular Hbond substituents is 1. The van der Waals surface area contributed by atoms with Crippen LogP contribution in [0.5, 0.6) is 5.75 Å². The molecule has 0 bridgehead atoms. The molecule has 7 nitrogen and oxygen atoms in total. The Kier molecular flexibility index (Phi) is 4.47. The van der Waals surface area contributed by atoms with Gasteiger partial charge in [-0.1, -0.05) is 6.07 Å². The van der Waals surface area contributed by atoms with Gasteiger partial charge in [-0.3, -0.25) is 9.20 Å². The molecule has 0 unspecified atom stereocenters. The number of carbonyl (C=O) groups excluding carboxylic acids is 1. The van der Waals surface area contributed by atoms with E-state index in [1.807, 2.05) is 32.2 Å². The van der Waals surface area contributed by atoms with Crippen molar-refractivity contribution in [2.75, 3.05) is 7.11 Å². The van der Waals surface area contributed by atoms with E-state index >= 15 is 0 Å². The largest absolute Gasteiger partial charge is 0.506 e. The fraction of sp³-hybridized carbons (Fsp3) is 0.222. The molecule has 3 rings (SSSR count). The van der Waals surface area contributed by atoms with Crippen LogP contribution in [0.4, 0.5) is 11.5 Å². The molecule has 0 spiro atoms. The lowest BCUT2D eigenvalue weighted by Crippen LogP contribution is -2.04. The predicted molar refractivity (Wildman–Crippen MR) is 92.7 cm³/mol.